The third kappa shape index (κ3) is 2.46. The molecule has 0 spiro atoms. The number of carbonyl (C=O) groups excluding carboxylic acids is 1. The molecule has 0 aromatic heterocycles. The van der Waals surface area contributed by atoms with Crippen LogP contribution in [0.2, 0.25) is 0 Å². The first-order chi connectivity index (χ1) is 3.85. The molecule has 0 unspecified atom stereocenters. The summed E-state index contributed by atoms with van der Waals surface area (Å²) in [5.74, 6) is -1.89. The predicted octanol–water partition coefficient (Wildman–Crippen LogP) is 0.465. The van der Waals surface area contributed by atoms with Crippen molar-refractivity contribution in [2.75, 3.05) is 0 Å². The van der Waals surface area contributed by atoms with Gasteiger partial charge in [0, 0.05) is 0 Å². The summed E-state index contributed by atoms with van der Waals surface area (Å²) in [6, 6.07) is -1.45. The first-order valence-corrected chi connectivity index (χ1v) is 2.22. The molecule has 2 N–H and O–H groups in total. The molecule has 0 bridgehead atoms. The minimum absolute atomic E-state index is 0.996. The summed E-state index contributed by atoms with van der Waals surface area (Å²) < 4.78 is 33.8. The zero-order chi connectivity index (χ0) is 7.65. The summed E-state index contributed by atoms with van der Waals surface area (Å²) in [6.45, 7) is 0.996. The number of carbonyl (C=O) groups is 1. The van der Waals surface area contributed by atoms with Crippen LogP contribution >= 0.6 is 0 Å². The topological polar surface area (TPSA) is 43.1 Å². The highest BCUT2D eigenvalue weighted by Gasteiger charge is 2.40. The Balaban J connectivity index is 4.06. The molecular formula is C4H6F3NO. The van der Waals surface area contributed by atoms with Gasteiger partial charge in [-0.05, 0) is 6.92 Å². The lowest BCUT2D eigenvalue weighted by Crippen LogP contribution is -2.38. The van der Waals surface area contributed by atoms with Crippen LogP contribution in [-0.4, -0.2) is 18.0 Å². The van der Waals surface area contributed by atoms with E-state index >= 15 is 0 Å². The molecule has 0 aromatic rings. The van der Waals surface area contributed by atoms with Gasteiger partial charge in [0.15, 0.2) is 0 Å². The first-order valence-electron chi connectivity index (χ1n) is 2.22. The van der Waals surface area contributed by atoms with Crippen molar-refractivity contribution >= 4 is 5.78 Å². The Hall–Kier alpha value is -0.580. The Kier molecular flexibility index (Phi) is 2.19. The number of nitrogens with two attached hydrogens (primary N) is 1. The molecule has 0 amide bonds. The standard InChI is InChI=1S/C4H6F3NO/c1-2(8)3(9)4(5,6)7/h2H,8H2,1H3/t2-/m1/s1. The van der Waals surface area contributed by atoms with E-state index in [0.29, 0.717) is 0 Å². The van der Waals surface area contributed by atoms with Crippen LogP contribution in [0, 0.1) is 0 Å². The molecule has 5 heteroatoms. The molecule has 54 valence electrons. The molecule has 0 saturated carbocycles. The highest BCUT2D eigenvalue weighted by Crippen LogP contribution is 2.16. The van der Waals surface area contributed by atoms with E-state index in [4.69, 9.17) is 0 Å². The van der Waals surface area contributed by atoms with Crippen molar-refractivity contribution in [3.8, 4) is 0 Å². The van der Waals surface area contributed by atoms with Gasteiger partial charge in [-0.1, -0.05) is 0 Å². The summed E-state index contributed by atoms with van der Waals surface area (Å²) in [7, 11) is 0. The van der Waals surface area contributed by atoms with Crippen LogP contribution in [0.15, 0.2) is 0 Å². The van der Waals surface area contributed by atoms with Gasteiger partial charge in [-0.2, -0.15) is 13.2 Å². The number of hydrogen-bond acceptors (Lipinski definition) is 2. The van der Waals surface area contributed by atoms with Crippen molar-refractivity contribution in [3.63, 3.8) is 0 Å². The molecule has 0 heterocycles. The molecule has 0 radical (unpaired) electrons. The van der Waals surface area contributed by atoms with Crippen molar-refractivity contribution in [2.24, 2.45) is 5.73 Å². The fraction of sp³-hybridized carbons (Fsp3) is 0.750. The van der Waals surface area contributed by atoms with E-state index in [-0.39, 0.29) is 0 Å². The van der Waals surface area contributed by atoms with Gasteiger partial charge in [-0.25, -0.2) is 0 Å². The summed E-state index contributed by atoms with van der Waals surface area (Å²) in [5, 5.41) is 0. The Labute approximate surface area is 49.8 Å². The van der Waals surface area contributed by atoms with Crippen molar-refractivity contribution in [2.45, 2.75) is 19.1 Å². The first kappa shape index (κ1) is 8.42. The van der Waals surface area contributed by atoms with E-state index in [1.54, 1.807) is 0 Å². The Morgan fingerprint density at radius 2 is 1.89 bits per heavy atom. The molecule has 0 rings (SSSR count). The van der Waals surface area contributed by atoms with E-state index in [0.717, 1.165) is 6.92 Å². The van der Waals surface area contributed by atoms with Crippen LogP contribution in [0.4, 0.5) is 13.2 Å². The maximum atomic E-state index is 11.3. The molecule has 2 nitrogen and oxygen atoms in total. The van der Waals surface area contributed by atoms with E-state index in [1.807, 2.05) is 0 Å². The third-order valence-corrected chi connectivity index (χ3v) is 0.693. The van der Waals surface area contributed by atoms with Gasteiger partial charge in [0.25, 0.3) is 5.78 Å². The van der Waals surface area contributed by atoms with Gasteiger partial charge >= 0.3 is 6.18 Å². The number of Topliss-reactive ketones (excluding diaryl/α,β-unsaturated/α-hetero) is 1. The van der Waals surface area contributed by atoms with Crippen molar-refractivity contribution in [3.05, 3.63) is 0 Å². The smallest absolute Gasteiger partial charge is 0.321 e. The highest BCUT2D eigenvalue weighted by atomic mass is 19.4. The van der Waals surface area contributed by atoms with Gasteiger partial charge in [-0.3, -0.25) is 4.79 Å². The lowest BCUT2D eigenvalue weighted by atomic mass is 10.2. The van der Waals surface area contributed by atoms with Crippen LogP contribution in [-0.2, 0) is 4.79 Å². The highest BCUT2D eigenvalue weighted by molar-refractivity contribution is 5.88. The predicted molar refractivity (Wildman–Crippen MR) is 24.7 cm³/mol. The zero-order valence-corrected chi connectivity index (χ0v) is 4.70. The Morgan fingerprint density at radius 1 is 1.56 bits per heavy atom. The largest absolute Gasteiger partial charge is 0.451 e. The number of alkyl halides is 3. The summed E-state index contributed by atoms with van der Waals surface area (Å²) in [5.41, 5.74) is 4.65. The van der Waals surface area contributed by atoms with Gasteiger partial charge in [-0.15, -0.1) is 0 Å². The molecule has 0 saturated heterocycles. The lowest BCUT2D eigenvalue weighted by molar-refractivity contribution is -0.172. The maximum Gasteiger partial charge on any atom is 0.451 e. The fourth-order valence-corrected chi connectivity index (χ4v) is 0.258. The van der Waals surface area contributed by atoms with Crippen molar-refractivity contribution in [1.82, 2.24) is 0 Å². The average molecular weight is 141 g/mol. The molecule has 0 aliphatic rings. The molecule has 1 atom stereocenters. The molecule has 0 aliphatic heterocycles. The molecule has 9 heavy (non-hydrogen) atoms. The van der Waals surface area contributed by atoms with Gasteiger partial charge in [0.2, 0.25) is 0 Å². The minimum atomic E-state index is -4.78. The second kappa shape index (κ2) is 2.34. The number of rotatable bonds is 1. The number of halogens is 3. The summed E-state index contributed by atoms with van der Waals surface area (Å²) in [4.78, 5) is 9.91. The van der Waals surface area contributed by atoms with Crippen molar-refractivity contribution < 1.29 is 18.0 Å². The average Bonchev–Trinajstić information content (AvgIpc) is 1.62. The van der Waals surface area contributed by atoms with Crippen LogP contribution in [0.25, 0.3) is 0 Å². The van der Waals surface area contributed by atoms with Gasteiger partial charge in [0.05, 0.1) is 6.04 Å². The minimum Gasteiger partial charge on any atom is -0.321 e. The molecule has 0 fully saturated rings. The quantitative estimate of drug-likeness (QED) is 0.576. The van der Waals surface area contributed by atoms with E-state index < -0.39 is 18.0 Å². The summed E-state index contributed by atoms with van der Waals surface area (Å²) in [6.07, 6.45) is -4.78. The molecule has 0 aliphatic carbocycles. The molecule has 0 aromatic carbocycles. The van der Waals surface area contributed by atoms with Crippen LogP contribution in [0.1, 0.15) is 6.92 Å². The van der Waals surface area contributed by atoms with Crippen molar-refractivity contribution in [1.29, 1.82) is 0 Å². The van der Waals surface area contributed by atoms with E-state index in [1.165, 1.54) is 0 Å². The van der Waals surface area contributed by atoms with Gasteiger partial charge < -0.3 is 5.73 Å². The fourth-order valence-electron chi connectivity index (χ4n) is 0.258. The zero-order valence-electron chi connectivity index (χ0n) is 4.70. The second-order valence-corrected chi connectivity index (χ2v) is 1.65. The lowest BCUT2D eigenvalue weighted by Gasteiger charge is -2.06. The number of ketones is 1. The van der Waals surface area contributed by atoms with Crippen LogP contribution in [0.3, 0.4) is 0 Å². The SMILES string of the molecule is C[C@@H](N)C(=O)C(F)(F)F. The Bertz CT molecular complexity index is 117. The second-order valence-electron chi connectivity index (χ2n) is 1.65. The van der Waals surface area contributed by atoms with Gasteiger partial charge in [0.1, 0.15) is 0 Å². The van der Waals surface area contributed by atoms with Crippen LogP contribution in [0.5, 0.6) is 0 Å². The third-order valence-electron chi connectivity index (χ3n) is 0.693. The summed E-state index contributed by atoms with van der Waals surface area (Å²) >= 11 is 0. The molecular weight excluding hydrogens is 135 g/mol. The van der Waals surface area contributed by atoms with E-state index in [9.17, 15) is 18.0 Å². The monoisotopic (exact) mass is 141 g/mol. The Morgan fingerprint density at radius 3 is 1.89 bits per heavy atom. The number of hydrogen-bond donors (Lipinski definition) is 1. The van der Waals surface area contributed by atoms with Crippen LogP contribution < -0.4 is 5.73 Å². The maximum absolute atomic E-state index is 11.3. The normalized spacial score (nSPS) is 15.2. The van der Waals surface area contributed by atoms with E-state index in [2.05, 4.69) is 5.73 Å².